The van der Waals surface area contributed by atoms with Crippen molar-refractivity contribution >= 4 is 17.1 Å². The highest BCUT2D eigenvalue weighted by molar-refractivity contribution is 5.98. The molecule has 1 fully saturated rings. The largest absolute Gasteiger partial charge is 0.336 e. The van der Waals surface area contributed by atoms with Crippen molar-refractivity contribution in [3.05, 3.63) is 76.1 Å². The summed E-state index contributed by atoms with van der Waals surface area (Å²) < 4.78 is 1.85. The summed E-state index contributed by atoms with van der Waals surface area (Å²) in [5.41, 5.74) is 2.04. The van der Waals surface area contributed by atoms with Gasteiger partial charge in [0, 0.05) is 45.0 Å². The van der Waals surface area contributed by atoms with Crippen LogP contribution in [0.1, 0.15) is 16.1 Å². The molecule has 0 aliphatic carbocycles. The maximum atomic E-state index is 12.7. The van der Waals surface area contributed by atoms with Crippen LogP contribution in [-0.2, 0) is 6.54 Å². The van der Waals surface area contributed by atoms with Gasteiger partial charge in [0.2, 0.25) is 0 Å². The first kappa shape index (κ1) is 17.2. The Morgan fingerprint density at radius 1 is 1.07 bits per heavy atom. The number of piperazine rings is 1. The second-order valence-electron chi connectivity index (χ2n) is 6.55. The molecule has 8 heteroatoms. The number of amides is 1. The van der Waals surface area contributed by atoms with E-state index in [1.165, 1.54) is 12.1 Å². The number of benzene rings is 1. The van der Waals surface area contributed by atoms with Crippen LogP contribution in [-0.4, -0.2) is 56.4 Å². The number of carbonyl (C=O) groups is 1. The summed E-state index contributed by atoms with van der Waals surface area (Å²) in [7, 11) is 0. The van der Waals surface area contributed by atoms with Gasteiger partial charge >= 0.3 is 0 Å². The van der Waals surface area contributed by atoms with Crippen molar-refractivity contribution in [1.29, 1.82) is 0 Å². The van der Waals surface area contributed by atoms with E-state index in [1.807, 2.05) is 28.9 Å². The number of aromatic nitrogens is 2. The van der Waals surface area contributed by atoms with E-state index in [-0.39, 0.29) is 17.2 Å². The second-order valence-corrected chi connectivity index (χ2v) is 6.55. The van der Waals surface area contributed by atoms with E-state index in [9.17, 15) is 14.9 Å². The summed E-state index contributed by atoms with van der Waals surface area (Å²) in [4.78, 5) is 27.3. The lowest BCUT2D eigenvalue weighted by molar-refractivity contribution is -0.385. The third kappa shape index (κ3) is 3.52. The van der Waals surface area contributed by atoms with Crippen LogP contribution in [0.5, 0.6) is 0 Å². The predicted molar refractivity (Wildman–Crippen MR) is 99.5 cm³/mol. The third-order valence-corrected chi connectivity index (χ3v) is 4.80. The molecule has 2 aromatic heterocycles. The number of fused-ring (bicyclic) bond motifs is 1. The van der Waals surface area contributed by atoms with E-state index < -0.39 is 4.92 Å². The number of carbonyl (C=O) groups excluding carboxylic acids is 1. The Morgan fingerprint density at radius 3 is 2.56 bits per heavy atom. The van der Waals surface area contributed by atoms with Crippen molar-refractivity contribution in [2.45, 2.75) is 6.54 Å². The number of pyridine rings is 1. The highest BCUT2D eigenvalue weighted by Gasteiger charge is 2.27. The fourth-order valence-electron chi connectivity index (χ4n) is 3.39. The van der Waals surface area contributed by atoms with Gasteiger partial charge in [0.25, 0.3) is 11.6 Å². The maximum Gasteiger partial charge on any atom is 0.282 e. The van der Waals surface area contributed by atoms with Gasteiger partial charge in [-0.15, -0.1) is 0 Å². The number of hydrogen-bond acceptors (Lipinski definition) is 5. The Labute approximate surface area is 155 Å². The van der Waals surface area contributed by atoms with Crippen LogP contribution in [0.4, 0.5) is 5.69 Å². The van der Waals surface area contributed by atoms with Crippen molar-refractivity contribution in [2.24, 2.45) is 0 Å². The monoisotopic (exact) mass is 365 g/mol. The standard InChI is InChI=1S/C19H19N5O3/c25-19(17-6-1-2-7-18(17)24(26)27)22-11-9-21(10-12-22)14-15-13-16-5-3-4-8-23(16)20-15/h1-8,13H,9-12,14H2. The smallest absolute Gasteiger partial charge is 0.282 e. The highest BCUT2D eigenvalue weighted by Crippen LogP contribution is 2.20. The SMILES string of the molecule is O=C(c1ccccc1[N+](=O)[O-])N1CCN(Cc2cc3ccccn3n2)CC1. The first-order valence-electron chi connectivity index (χ1n) is 8.80. The van der Waals surface area contributed by atoms with E-state index >= 15 is 0 Å². The zero-order chi connectivity index (χ0) is 18.8. The molecule has 0 radical (unpaired) electrons. The third-order valence-electron chi connectivity index (χ3n) is 4.80. The quantitative estimate of drug-likeness (QED) is 0.523. The van der Waals surface area contributed by atoms with E-state index in [2.05, 4.69) is 16.1 Å². The zero-order valence-corrected chi connectivity index (χ0v) is 14.7. The molecule has 8 nitrogen and oxygen atoms in total. The normalized spacial score (nSPS) is 15.2. The summed E-state index contributed by atoms with van der Waals surface area (Å²) in [6, 6.07) is 14.1. The molecule has 1 amide bonds. The van der Waals surface area contributed by atoms with Gasteiger partial charge in [-0.05, 0) is 24.3 Å². The Hall–Kier alpha value is -3.26. The summed E-state index contributed by atoms with van der Waals surface area (Å²) in [5, 5.41) is 15.7. The van der Waals surface area contributed by atoms with Gasteiger partial charge in [-0.1, -0.05) is 18.2 Å². The molecule has 0 unspecified atom stereocenters. The van der Waals surface area contributed by atoms with Crippen LogP contribution in [0.3, 0.4) is 0 Å². The Bertz CT molecular complexity index is 959. The summed E-state index contributed by atoms with van der Waals surface area (Å²) in [6.07, 6.45) is 1.92. The maximum absolute atomic E-state index is 12.7. The molecule has 0 spiro atoms. The van der Waals surface area contributed by atoms with E-state index in [4.69, 9.17) is 0 Å². The van der Waals surface area contributed by atoms with Gasteiger partial charge in [-0.25, -0.2) is 4.52 Å². The Morgan fingerprint density at radius 2 is 1.81 bits per heavy atom. The molecule has 0 bridgehead atoms. The second kappa shape index (κ2) is 7.16. The molecule has 0 N–H and O–H groups in total. The van der Waals surface area contributed by atoms with E-state index in [1.54, 1.807) is 17.0 Å². The summed E-state index contributed by atoms with van der Waals surface area (Å²) >= 11 is 0. The Balaban J connectivity index is 1.40. The molecule has 0 saturated carbocycles. The topological polar surface area (TPSA) is 84.0 Å². The van der Waals surface area contributed by atoms with Gasteiger partial charge in [0.1, 0.15) is 5.56 Å². The van der Waals surface area contributed by atoms with Crippen LogP contribution in [0.25, 0.3) is 5.52 Å². The lowest BCUT2D eigenvalue weighted by Crippen LogP contribution is -2.48. The molecule has 1 aliphatic heterocycles. The first-order chi connectivity index (χ1) is 13.1. The van der Waals surface area contributed by atoms with Crippen LogP contribution in [0.15, 0.2) is 54.7 Å². The van der Waals surface area contributed by atoms with Crippen molar-refractivity contribution in [3.8, 4) is 0 Å². The van der Waals surface area contributed by atoms with Crippen molar-refractivity contribution in [2.75, 3.05) is 26.2 Å². The van der Waals surface area contributed by atoms with Gasteiger partial charge < -0.3 is 4.90 Å². The van der Waals surface area contributed by atoms with Crippen LogP contribution in [0.2, 0.25) is 0 Å². The number of para-hydroxylation sites is 1. The van der Waals surface area contributed by atoms with Crippen LogP contribution < -0.4 is 0 Å². The Kier molecular flexibility index (Phi) is 4.55. The van der Waals surface area contributed by atoms with Crippen LogP contribution in [0, 0.1) is 10.1 Å². The van der Waals surface area contributed by atoms with E-state index in [0.717, 1.165) is 17.8 Å². The average molecular weight is 365 g/mol. The molecule has 27 heavy (non-hydrogen) atoms. The number of hydrogen-bond donors (Lipinski definition) is 0. The highest BCUT2D eigenvalue weighted by atomic mass is 16.6. The van der Waals surface area contributed by atoms with Crippen molar-refractivity contribution in [1.82, 2.24) is 19.4 Å². The van der Waals surface area contributed by atoms with Crippen LogP contribution >= 0.6 is 0 Å². The van der Waals surface area contributed by atoms with E-state index in [0.29, 0.717) is 26.2 Å². The molecular formula is C19H19N5O3. The minimum absolute atomic E-state index is 0.144. The molecule has 1 aromatic carbocycles. The molecule has 1 saturated heterocycles. The molecule has 138 valence electrons. The lowest BCUT2D eigenvalue weighted by Gasteiger charge is -2.34. The van der Waals surface area contributed by atoms with Crippen molar-refractivity contribution < 1.29 is 9.72 Å². The fourth-order valence-corrected chi connectivity index (χ4v) is 3.39. The fraction of sp³-hybridized carbons (Fsp3) is 0.263. The van der Waals surface area contributed by atoms with Gasteiger partial charge in [0.05, 0.1) is 16.1 Å². The number of nitro groups is 1. The van der Waals surface area contributed by atoms with Crippen molar-refractivity contribution in [3.63, 3.8) is 0 Å². The zero-order valence-electron chi connectivity index (χ0n) is 14.7. The molecule has 0 atom stereocenters. The van der Waals surface area contributed by atoms with Gasteiger partial charge in [-0.2, -0.15) is 5.10 Å². The number of nitrogens with zero attached hydrogens (tertiary/aromatic N) is 5. The summed E-state index contributed by atoms with van der Waals surface area (Å²) in [6.45, 7) is 3.21. The predicted octanol–water partition coefficient (Wildman–Crippen LogP) is 2.20. The average Bonchev–Trinajstić information content (AvgIpc) is 3.10. The molecule has 1 aliphatic rings. The molecular weight excluding hydrogens is 346 g/mol. The van der Waals surface area contributed by atoms with Gasteiger partial charge in [-0.3, -0.25) is 19.8 Å². The number of rotatable bonds is 4. The summed E-state index contributed by atoms with van der Waals surface area (Å²) in [5.74, 6) is -0.283. The minimum atomic E-state index is -0.507. The molecule has 4 rings (SSSR count). The molecule has 3 heterocycles. The van der Waals surface area contributed by atoms with Gasteiger partial charge in [0.15, 0.2) is 0 Å². The lowest BCUT2D eigenvalue weighted by atomic mass is 10.1. The number of nitro benzene ring substituents is 1. The minimum Gasteiger partial charge on any atom is -0.336 e. The molecule has 3 aromatic rings. The first-order valence-corrected chi connectivity index (χ1v) is 8.80.